The molecule has 7 heteroatoms. The fourth-order valence-electron chi connectivity index (χ4n) is 7.56. The number of hydrogen-bond donors (Lipinski definition) is 0. The number of rotatable bonds is 4. The molecule has 7 nitrogen and oxygen atoms in total. The summed E-state index contributed by atoms with van der Waals surface area (Å²) >= 11 is 0. The Morgan fingerprint density at radius 1 is 0.415 bits per heavy atom. The maximum Gasteiger partial charge on any atom is 0.220 e. The van der Waals surface area contributed by atoms with Crippen molar-refractivity contribution in [3.63, 3.8) is 0 Å². The van der Waals surface area contributed by atoms with Gasteiger partial charge in [0.15, 0.2) is 17.5 Å². The van der Waals surface area contributed by atoms with Gasteiger partial charge >= 0.3 is 0 Å². The van der Waals surface area contributed by atoms with Gasteiger partial charge in [0, 0.05) is 44.3 Å². The van der Waals surface area contributed by atoms with Gasteiger partial charge in [0.2, 0.25) is 5.95 Å². The van der Waals surface area contributed by atoms with E-state index in [1.165, 1.54) is 0 Å². The summed E-state index contributed by atoms with van der Waals surface area (Å²) in [7, 11) is 0. The van der Waals surface area contributed by atoms with E-state index in [0.29, 0.717) is 17.5 Å². The third-order valence-electron chi connectivity index (χ3n) is 9.99. The second-order valence-electron chi connectivity index (χ2n) is 13.1. The van der Waals surface area contributed by atoms with E-state index in [-0.39, 0.29) is 0 Å². The van der Waals surface area contributed by atoms with Gasteiger partial charge in [-0.05, 0) is 54.6 Å². The normalized spacial score (nSPS) is 12.1. The Hall–Kier alpha value is -7.38. The molecule has 0 unspecified atom stereocenters. The molecule has 53 heavy (non-hydrogen) atoms. The second-order valence-corrected chi connectivity index (χ2v) is 13.1. The van der Waals surface area contributed by atoms with E-state index < -0.39 is 0 Å². The average molecular weight is 681 g/mol. The van der Waals surface area contributed by atoms with Gasteiger partial charge in [-0.2, -0.15) is 0 Å². The first-order valence-electron chi connectivity index (χ1n) is 17.6. The number of nitrogens with zero attached hydrogens (tertiary/aromatic N) is 6. The van der Waals surface area contributed by atoms with Crippen molar-refractivity contribution in [1.82, 2.24) is 24.5 Å². The summed E-state index contributed by atoms with van der Waals surface area (Å²) in [6, 6.07) is 58.1. The quantitative estimate of drug-likeness (QED) is 0.184. The lowest BCUT2D eigenvalue weighted by molar-refractivity contribution is 0.669. The summed E-state index contributed by atoms with van der Waals surface area (Å²) in [5, 5.41) is 2.14. The first kappa shape index (κ1) is 29.4. The van der Waals surface area contributed by atoms with Gasteiger partial charge < -0.3 is 4.42 Å². The van der Waals surface area contributed by atoms with Crippen LogP contribution < -0.4 is 4.90 Å². The molecule has 248 valence electrons. The minimum absolute atomic E-state index is 0.568. The largest absolute Gasteiger partial charge is 0.456 e. The van der Waals surface area contributed by atoms with Crippen molar-refractivity contribution in [3.8, 4) is 51.0 Å². The van der Waals surface area contributed by atoms with Crippen LogP contribution >= 0.6 is 0 Å². The van der Waals surface area contributed by atoms with Crippen LogP contribution in [0.1, 0.15) is 0 Å². The highest BCUT2D eigenvalue weighted by atomic mass is 16.3. The van der Waals surface area contributed by atoms with Crippen molar-refractivity contribution in [2.24, 2.45) is 0 Å². The van der Waals surface area contributed by atoms with Crippen molar-refractivity contribution < 1.29 is 4.42 Å². The lowest BCUT2D eigenvalue weighted by atomic mass is 10.0. The number of para-hydroxylation sites is 5. The van der Waals surface area contributed by atoms with Gasteiger partial charge in [-0.1, -0.05) is 115 Å². The lowest BCUT2D eigenvalue weighted by Gasteiger charge is -2.25. The van der Waals surface area contributed by atoms with Crippen molar-refractivity contribution in [2.75, 3.05) is 4.90 Å². The lowest BCUT2D eigenvalue weighted by Crippen LogP contribution is -2.14. The van der Waals surface area contributed by atoms with Crippen LogP contribution in [0.25, 0.3) is 83.9 Å². The van der Waals surface area contributed by atoms with Crippen LogP contribution in [-0.4, -0.2) is 24.5 Å². The molecule has 0 bridgehead atoms. The number of imidazole rings is 1. The van der Waals surface area contributed by atoms with Crippen LogP contribution in [0.5, 0.6) is 0 Å². The first-order valence-corrected chi connectivity index (χ1v) is 17.6. The van der Waals surface area contributed by atoms with Crippen LogP contribution in [0.4, 0.5) is 17.3 Å². The van der Waals surface area contributed by atoms with E-state index in [1.807, 2.05) is 60.7 Å². The number of anilines is 3. The molecule has 10 aromatic rings. The zero-order valence-corrected chi connectivity index (χ0v) is 28.3. The third kappa shape index (κ3) is 4.68. The van der Waals surface area contributed by atoms with Crippen molar-refractivity contribution in [1.29, 1.82) is 0 Å². The summed E-state index contributed by atoms with van der Waals surface area (Å²) in [4.78, 5) is 22.7. The highest BCUT2D eigenvalue weighted by molar-refractivity contribution is 6.05. The number of hydrogen-bond acceptors (Lipinski definition) is 6. The third-order valence-corrected chi connectivity index (χ3v) is 9.99. The molecule has 0 amide bonds. The molecule has 0 radical (unpaired) electrons. The smallest absolute Gasteiger partial charge is 0.220 e. The van der Waals surface area contributed by atoms with Crippen molar-refractivity contribution in [3.05, 3.63) is 170 Å². The summed E-state index contributed by atoms with van der Waals surface area (Å²) in [6.07, 6.45) is 0. The summed E-state index contributed by atoms with van der Waals surface area (Å²) in [5.41, 5.74) is 11.5. The monoisotopic (exact) mass is 680 g/mol. The molecule has 1 aliphatic heterocycles. The highest BCUT2D eigenvalue weighted by Gasteiger charge is 2.29. The first-order chi connectivity index (χ1) is 26.3. The predicted molar refractivity (Wildman–Crippen MR) is 212 cm³/mol. The van der Waals surface area contributed by atoms with Crippen LogP contribution in [0.3, 0.4) is 0 Å². The minimum atomic E-state index is 0.568. The molecule has 0 saturated carbocycles. The Morgan fingerprint density at radius 3 is 1.89 bits per heavy atom. The predicted octanol–water partition coefficient (Wildman–Crippen LogP) is 11.6. The zero-order chi connectivity index (χ0) is 34.9. The topological polar surface area (TPSA) is 72.9 Å². The summed E-state index contributed by atoms with van der Waals surface area (Å²) in [6.45, 7) is 0. The number of benzene rings is 7. The maximum atomic E-state index is 6.26. The molecule has 0 spiro atoms. The number of aromatic nitrogens is 5. The molecular weight excluding hydrogens is 653 g/mol. The maximum absolute atomic E-state index is 6.26. The van der Waals surface area contributed by atoms with E-state index in [0.717, 1.165) is 83.8 Å². The number of fused-ring (bicyclic) bond motifs is 10. The molecule has 1 aliphatic rings. The Balaban J connectivity index is 1.11. The molecule has 0 aliphatic carbocycles. The van der Waals surface area contributed by atoms with E-state index in [1.54, 1.807) is 0 Å². The summed E-state index contributed by atoms with van der Waals surface area (Å²) in [5.74, 6) is 2.54. The van der Waals surface area contributed by atoms with Gasteiger partial charge in [0.05, 0.1) is 22.4 Å². The zero-order valence-electron chi connectivity index (χ0n) is 28.3. The Labute approximate surface area is 304 Å². The van der Waals surface area contributed by atoms with Crippen LogP contribution in [-0.2, 0) is 0 Å². The molecule has 11 rings (SSSR count). The molecule has 0 saturated heterocycles. The fourth-order valence-corrected chi connectivity index (χ4v) is 7.56. The van der Waals surface area contributed by atoms with E-state index >= 15 is 0 Å². The second kappa shape index (κ2) is 11.6. The molecule has 0 N–H and O–H groups in total. The van der Waals surface area contributed by atoms with Crippen molar-refractivity contribution in [2.45, 2.75) is 0 Å². The van der Waals surface area contributed by atoms with Crippen LogP contribution in [0.2, 0.25) is 0 Å². The molecule has 0 fully saturated rings. The van der Waals surface area contributed by atoms with Gasteiger partial charge in [0.25, 0.3) is 0 Å². The Kier molecular flexibility index (Phi) is 6.42. The van der Waals surface area contributed by atoms with Gasteiger partial charge in [-0.15, -0.1) is 0 Å². The molecule has 7 aromatic carbocycles. The van der Waals surface area contributed by atoms with E-state index in [9.17, 15) is 0 Å². The van der Waals surface area contributed by atoms with E-state index in [4.69, 9.17) is 24.4 Å². The van der Waals surface area contributed by atoms with Crippen LogP contribution in [0.15, 0.2) is 174 Å². The molecular formula is C46H28N6O. The average Bonchev–Trinajstić information content (AvgIpc) is 3.76. The highest BCUT2D eigenvalue weighted by Crippen LogP contribution is 2.47. The molecule has 4 heterocycles. The van der Waals surface area contributed by atoms with Gasteiger partial charge in [0.1, 0.15) is 11.2 Å². The van der Waals surface area contributed by atoms with E-state index in [2.05, 4.69) is 119 Å². The van der Waals surface area contributed by atoms with Crippen molar-refractivity contribution >= 4 is 50.3 Å². The molecule has 3 aromatic heterocycles. The van der Waals surface area contributed by atoms with Gasteiger partial charge in [-0.3, -0.25) is 9.47 Å². The number of furan rings is 1. The SMILES string of the molecule is c1ccc(-c2nc(-c3cccc(N4c5ccccc5-c5ccccc5-n5c4nc4ccccc45)c3)nc(-c3ccc4c(c3)oc3ccccc34)n2)cc1. The Bertz CT molecular complexity index is 3040. The fraction of sp³-hybridized carbons (Fsp3) is 0. The summed E-state index contributed by atoms with van der Waals surface area (Å²) < 4.78 is 8.52. The molecule has 0 atom stereocenters. The standard InChI is InChI=1S/C46H28N6O/c1-2-13-29(14-3-1)43-48-44(50-45(49-43)31-25-26-36-35-19-6-11-24-41(35)53-42(36)28-31)30-15-12-16-32(27-30)51-38-21-8-4-17-33(38)34-18-5-9-22-39(34)52-40-23-10-7-20-37(40)47-46(51)52/h1-28H. The minimum Gasteiger partial charge on any atom is -0.456 e. The van der Waals surface area contributed by atoms with Gasteiger partial charge in [-0.25, -0.2) is 19.9 Å². The Morgan fingerprint density at radius 2 is 1.04 bits per heavy atom. The van der Waals surface area contributed by atoms with Crippen LogP contribution in [0, 0.1) is 0 Å².